The zero-order valence-electron chi connectivity index (χ0n) is 24.0. The van der Waals surface area contributed by atoms with Gasteiger partial charge in [0.2, 0.25) is 5.82 Å². The summed E-state index contributed by atoms with van der Waals surface area (Å²) in [5.74, 6) is -7.78. The van der Waals surface area contributed by atoms with Gasteiger partial charge in [0.15, 0.2) is 17.2 Å². The van der Waals surface area contributed by atoms with Crippen molar-refractivity contribution < 1.29 is 50.5 Å². The second kappa shape index (κ2) is 11.3. The molecule has 3 fully saturated rings. The number of hydrogen-bond acceptors (Lipinski definition) is 8. The van der Waals surface area contributed by atoms with Crippen LogP contribution in [-0.2, 0) is 19.0 Å². The van der Waals surface area contributed by atoms with E-state index in [9.17, 15) is 27.2 Å². The summed E-state index contributed by atoms with van der Waals surface area (Å²) in [5.41, 5.74) is -2.48. The van der Waals surface area contributed by atoms with Crippen molar-refractivity contribution in [2.24, 2.45) is 11.3 Å². The molecule has 14 heteroatoms. The average Bonchev–Trinajstić information content (AvgIpc) is 3.19. The van der Waals surface area contributed by atoms with Crippen LogP contribution in [0.25, 0.3) is 0 Å². The molecule has 5 rings (SSSR count). The van der Waals surface area contributed by atoms with Crippen molar-refractivity contribution in [2.45, 2.75) is 44.6 Å². The summed E-state index contributed by atoms with van der Waals surface area (Å²) < 4.78 is 93.8. The van der Waals surface area contributed by atoms with Crippen LogP contribution in [0.1, 0.15) is 41.4 Å². The number of pyridine rings is 1. The highest BCUT2D eigenvalue weighted by Crippen LogP contribution is 2.55. The molecule has 2 aromatic rings. The molecule has 1 spiro atoms. The van der Waals surface area contributed by atoms with Crippen LogP contribution < -0.4 is 10.1 Å². The van der Waals surface area contributed by atoms with Gasteiger partial charge in [0, 0.05) is 54.3 Å². The third kappa shape index (κ3) is 5.55. The van der Waals surface area contributed by atoms with Crippen molar-refractivity contribution in [3.8, 4) is 5.75 Å². The molecule has 0 radical (unpaired) electrons. The summed E-state index contributed by atoms with van der Waals surface area (Å²) in [6.07, 6.45) is -5.42. The van der Waals surface area contributed by atoms with E-state index in [1.165, 1.54) is 19.2 Å². The molecule has 1 N–H and O–H groups in total. The van der Waals surface area contributed by atoms with Gasteiger partial charge in [-0.2, -0.15) is 17.6 Å². The Hall–Kier alpha value is -3.36. The maximum Gasteiger partial charge on any atom is 0.417 e. The molecule has 0 bridgehead atoms. The SMILES string of the molecule is COC(=O)c1cc(NC(=O)[C@@H]2O[C@@](C)(C(F)(F)F)[C@@H](C)[C@H]2c2ccc(F)c(F)c2OCCN2CC3(COC3)C2)c(C)cn1. The number of benzene rings is 1. The van der Waals surface area contributed by atoms with Gasteiger partial charge in [-0.3, -0.25) is 9.69 Å². The van der Waals surface area contributed by atoms with E-state index in [4.69, 9.17) is 14.2 Å². The molecule has 9 nitrogen and oxygen atoms in total. The fraction of sp³-hybridized carbons (Fsp3) is 0.552. The molecule has 3 aliphatic rings. The summed E-state index contributed by atoms with van der Waals surface area (Å²) >= 11 is 0. The first kappa shape index (κ1) is 31.1. The number of anilines is 1. The summed E-state index contributed by atoms with van der Waals surface area (Å²) in [5, 5.41) is 2.51. The predicted molar refractivity (Wildman–Crippen MR) is 142 cm³/mol. The number of methoxy groups -OCH3 is 1. The second-order valence-electron chi connectivity index (χ2n) is 11.7. The Kier molecular flexibility index (Phi) is 8.16. The number of carbonyl (C=O) groups is 2. The summed E-state index contributed by atoms with van der Waals surface area (Å²) in [4.78, 5) is 31.5. The smallest absolute Gasteiger partial charge is 0.417 e. The number of nitrogens with one attached hydrogen (secondary N) is 1. The van der Waals surface area contributed by atoms with E-state index in [1.54, 1.807) is 6.92 Å². The fourth-order valence-corrected chi connectivity index (χ4v) is 5.97. The van der Waals surface area contributed by atoms with E-state index >= 15 is 4.39 Å². The largest absolute Gasteiger partial charge is 0.489 e. The summed E-state index contributed by atoms with van der Waals surface area (Å²) in [6.45, 7) is 6.79. The van der Waals surface area contributed by atoms with Gasteiger partial charge in [-0.05, 0) is 31.5 Å². The highest BCUT2D eigenvalue weighted by atomic mass is 19.4. The Morgan fingerprint density at radius 3 is 2.51 bits per heavy atom. The second-order valence-corrected chi connectivity index (χ2v) is 11.7. The number of nitrogens with zero attached hydrogens (tertiary/aromatic N) is 2. The van der Waals surface area contributed by atoms with Crippen LogP contribution in [0.5, 0.6) is 5.75 Å². The zero-order chi connectivity index (χ0) is 31.3. The van der Waals surface area contributed by atoms with Gasteiger partial charge in [0.1, 0.15) is 18.4 Å². The number of carbonyl (C=O) groups excluding carboxylic acids is 2. The zero-order valence-corrected chi connectivity index (χ0v) is 24.0. The van der Waals surface area contributed by atoms with Crippen molar-refractivity contribution >= 4 is 17.6 Å². The Morgan fingerprint density at radius 1 is 1.21 bits per heavy atom. The molecule has 4 atom stereocenters. The number of halogens is 5. The van der Waals surface area contributed by atoms with E-state index in [0.717, 1.165) is 39.3 Å². The van der Waals surface area contributed by atoms with Crippen LogP contribution >= 0.6 is 0 Å². The first-order valence-corrected chi connectivity index (χ1v) is 13.7. The molecule has 0 unspecified atom stereocenters. The Morgan fingerprint density at radius 2 is 1.91 bits per heavy atom. The van der Waals surface area contributed by atoms with Gasteiger partial charge in [0.25, 0.3) is 5.91 Å². The number of ether oxygens (including phenoxy) is 4. The molecule has 234 valence electrons. The molecule has 3 saturated heterocycles. The minimum Gasteiger partial charge on any atom is -0.489 e. The molecule has 0 saturated carbocycles. The van der Waals surface area contributed by atoms with Crippen LogP contribution in [-0.4, -0.2) is 86.2 Å². The lowest BCUT2D eigenvalue weighted by atomic mass is 9.77. The minimum atomic E-state index is -4.91. The molecule has 43 heavy (non-hydrogen) atoms. The Bertz CT molecular complexity index is 1410. The molecule has 3 aliphatic heterocycles. The number of likely N-dealkylation sites (tertiary alicyclic amines) is 1. The van der Waals surface area contributed by atoms with Crippen LogP contribution in [0.3, 0.4) is 0 Å². The average molecular weight is 614 g/mol. The number of hydrogen-bond donors (Lipinski definition) is 1. The van der Waals surface area contributed by atoms with Gasteiger partial charge in [0.05, 0.1) is 20.3 Å². The molecule has 1 amide bonds. The quantitative estimate of drug-likeness (QED) is 0.349. The number of alkyl halides is 3. The lowest BCUT2D eigenvalue weighted by molar-refractivity contribution is -0.272. The predicted octanol–water partition coefficient (Wildman–Crippen LogP) is 4.24. The van der Waals surface area contributed by atoms with Gasteiger partial charge in [-0.1, -0.05) is 13.0 Å². The molecule has 1 aromatic heterocycles. The van der Waals surface area contributed by atoms with Crippen molar-refractivity contribution in [3.63, 3.8) is 0 Å². The highest BCUT2D eigenvalue weighted by Gasteiger charge is 2.66. The third-order valence-electron chi connectivity index (χ3n) is 8.71. The number of rotatable bonds is 8. The highest BCUT2D eigenvalue weighted by molar-refractivity contribution is 5.97. The maximum absolute atomic E-state index is 15.2. The van der Waals surface area contributed by atoms with Crippen LogP contribution in [0, 0.1) is 29.9 Å². The fourth-order valence-electron chi connectivity index (χ4n) is 5.97. The van der Waals surface area contributed by atoms with Gasteiger partial charge in [-0.25, -0.2) is 14.2 Å². The van der Waals surface area contributed by atoms with Crippen molar-refractivity contribution in [1.29, 1.82) is 0 Å². The van der Waals surface area contributed by atoms with Crippen molar-refractivity contribution in [2.75, 3.05) is 51.9 Å². The molecule has 1 aromatic carbocycles. The lowest BCUT2D eigenvalue weighted by Crippen LogP contribution is -2.66. The van der Waals surface area contributed by atoms with E-state index < -0.39 is 59.0 Å². The lowest BCUT2D eigenvalue weighted by Gasteiger charge is -2.55. The Labute approximate surface area is 244 Å². The van der Waals surface area contributed by atoms with Crippen molar-refractivity contribution in [3.05, 3.63) is 52.9 Å². The summed E-state index contributed by atoms with van der Waals surface area (Å²) in [7, 11) is 1.14. The molecular formula is C29H32F5N3O6. The van der Waals surface area contributed by atoms with Crippen LogP contribution in [0.4, 0.5) is 27.6 Å². The Balaban J connectivity index is 1.45. The van der Waals surface area contributed by atoms with E-state index in [0.29, 0.717) is 25.3 Å². The number of aromatic nitrogens is 1. The first-order chi connectivity index (χ1) is 20.2. The normalized spacial score (nSPS) is 26.5. The van der Waals surface area contributed by atoms with Gasteiger partial charge in [-0.15, -0.1) is 0 Å². The monoisotopic (exact) mass is 613 g/mol. The number of esters is 1. The summed E-state index contributed by atoms with van der Waals surface area (Å²) in [6, 6.07) is 3.13. The van der Waals surface area contributed by atoms with E-state index in [2.05, 4.69) is 19.9 Å². The van der Waals surface area contributed by atoms with Gasteiger partial charge < -0.3 is 24.3 Å². The molecule has 0 aliphatic carbocycles. The maximum atomic E-state index is 15.2. The van der Waals surface area contributed by atoms with Crippen LogP contribution in [0.15, 0.2) is 24.4 Å². The number of amides is 1. The molecular weight excluding hydrogens is 581 g/mol. The third-order valence-corrected chi connectivity index (χ3v) is 8.71. The topological polar surface area (TPSA) is 99.2 Å². The number of aryl methyl sites for hydroxylation is 1. The standard InChI is InChI=1S/C29H32F5N3O6/c1-15-10-35-20(26(39)40-4)9-19(15)36-25(38)24-21(16(2)27(3,43-24)29(32,33)34)17-5-6-18(30)22(31)23(17)42-8-7-37-11-28(12-37)13-41-14-28/h5-6,9-10,16,21,24H,7-8,11-14H2,1-4H3,(H,35,36,38)/t16-,21-,24+,27+/m0/s1. The minimum absolute atomic E-state index is 0.0633. The van der Waals surface area contributed by atoms with Gasteiger partial charge >= 0.3 is 12.1 Å². The molecule has 4 heterocycles. The van der Waals surface area contributed by atoms with Crippen LogP contribution in [0.2, 0.25) is 0 Å². The van der Waals surface area contributed by atoms with E-state index in [1.807, 2.05) is 0 Å². The van der Waals surface area contributed by atoms with E-state index in [-0.39, 0.29) is 29.0 Å². The first-order valence-electron chi connectivity index (χ1n) is 13.7. The van der Waals surface area contributed by atoms with Crippen molar-refractivity contribution in [1.82, 2.24) is 9.88 Å².